The second kappa shape index (κ2) is 10.1. The first-order valence-electron chi connectivity index (χ1n) is 9.03. The fraction of sp³-hybridized carbons (Fsp3) is 0.632. The zero-order valence-corrected chi connectivity index (χ0v) is 16.9. The van der Waals surface area contributed by atoms with Gasteiger partial charge in [0.15, 0.2) is 5.96 Å². The maximum Gasteiger partial charge on any atom is 0.191 e. The molecule has 0 unspecified atom stereocenters. The van der Waals surface area contributed by atoms with E-state index in [0.29, 0.717) is 6.10 Å². The van der Waals surface area contributed by atoms with Crippen molar-refractivity contribution in [2.75, 3.05) is 13.6 Å². The van der Waals surface area contributed by atoms with E-state index in [2.05, 4.69) is 39.9 Å². The predicted molar refractivity (Wildman–Crippen MR) is 110 cm³/mol. The molecule has 2 fully saturated rings. The second-order valence-electron chi connectivity index (χ2n) is 6.77. The van der Waals surface area contributed by atoms with Crippen molar-refractivity contribution in [2.24, 2.45) is 10.9 Å². The van der Waals surface area contributed by atoms with E-state index in [-0.39, 0.29) is 24.0 Å². The van der Waals surface area contributed by atoms with E-state index in [1.54, 1.807) is 0 Å². The van der Waals surface area contributed by atoms with E-state index in [1.807, 2.05) is 7.05 Å². The number of rotatable bonds is 6. The van der Waals surface area contributed by atoms with Crippen LogP contribution in [-0.4, -0.2) is 25.7 Å². The number of halogens is 1. The number of aliphatic imine (C=N–C) groups is 1. The van der Waals surface area contributed by atoms with Crippen LogP contribution in [0.25, 0.3) is 0 Å². The minimum atomic E-state index is 0. The van der Waals surface area contributed by atoms with Crippen LogP contribution in [-0.2, 0) is 6.54 Å². The van der Waals surface area contributed by atoms with Gasteiger partial charge in [0, 0.05) is 20.1 Å². The van der Waals surface area contributed by atoms with E-state index >= 15 is 0 Å². The third-order valence-electron chi connectivity index (χ3n) is 4.72. The van der Waals surface area contributed by atoms with Gasteiger partial charge in [-0.2, -0.15) is 0 Å². The van der Waals surface area contributed by atoms with Gasteiger partial charge in [0.2, 0.25) is 0 Å². The molecule has 2 aliphatic rings. The molecule has 3 rings (SSSR count). The molecular weight excluding hydrogens is 413 g/mol. The van der Waals surface area contributed by atoms with Gasteiger partial charge in [-0.25, -0.2) is 0 Å². The molecule has 0 aromatic heterocycles. The summed E-state index contributed by atoms with van der Waals surface area (Å²) in [6, 6.07) is 8.46. The summed E-state index contributed by atoms with van der Waals surface area (Å²) < 4.78 is 6.07. The Morgan fingerprint density at radius 1 is 1.04 bits per heavy atom. The predicted octanol–water partition coefficient (Wildman–Crippen LogP) is 4.09. The van der Waals surface area contributed by atoms with Crippen molar-refractivity contribution >= 4 is 29.9 Å². The summed E-state index contributed by atoms with van der Waals surface area (Å²) in [4.78, 5) is 4.27. The van der Waals surface area contributed by atoms with Crippen LogP contribution in [0, 0.1) is 5.92 Å². The summed E-state index contributed by atoms with van der Waals surface area (Å²) in [6.45, 7) is 1.82. The Balaban J connectivity index is 0.00000208. The highest BCUT2D eigenvalue weighted by Crippen LogP contribution is 2.27. The second-order valence-corrected chi connectivity index (χ2v) is 6.77. The molecule has 2 saturated carbocycles. The highest BCUT2D eigenvalue weighted by atomic mass is 127. The Labute approximate surface area is 162 Å². The minimum absolute atomic E-state index is 0. The minimum Gasteiger partial charge on any atom is -0.490 e. The third kappa shape index (κ3) is 6.49. The van der Waals surface area contributed by atoms with Crippen LogP contribution in [0.1, 0.15) is 50.5 Å². The Bertz CT molecular complexity index is 508. The molecule has 0 heterocycles. The topological polar surface area (TPSA) is 45.7 Å². The molecule has 2 N–H and O–H groups in total. The molecular formula is C19H30IN3O. The molecule has 134 valence electrons. The molecule has 4 nitrogen and oxygen atoms in total. The monoisotopic (exact) mass is 443 g/mol. The van der Waals surface area contributed by atoms with Crippen molar-refractivity contribution in [1.29, 1.82) is 0 Å². The van der Waals surface area contributed by atoms with Gasteiger partial charge in [0.25, 0.3) is 0 Å². The molecule has 0 amide bonds. The smallest absolute Gasteiger partial charge is 0.191 e. The average Bonchev–Trinajstić information content (AvgIpc) is 3.42. The van der Waals surface area contributed by atoms with Crippen LogP contribution >= 0.6 is 24.0 Å². The summed E-state index contributed by atoms with van der Waals surface area (Å²) in [5.41, 5.74) is 1.25. The first kappa shape index (κ1) is 19.3. The van der Waals surface area contributed by atoms with Crippen molar-refractivity contribution < 1.29 is 4.74 Å². The number of hydrogen-bond acceptors (Lipinski definition) is 2. The highest BCUT2D eigenvalue weighted by Gasteiger charge is 2.21. The Morgan fingerprint density at radius 3 is 2.38 bits per heavy atom. The molecule has 1 aromatic rings. The van der Waals surface area contributed by atoms with E-state index in [4.69, 9.17) is 4.74 Å². The summed E-state index contributed by atoms with van der Waals surface area (Å²) in [5, 5.41) is 6.75. The van der Waals surface area contributed by atoms with Crippen LogP contribution in [0.5, 0.6) is 5.75 Å². The van der Waals surface area contributed by atoms with Gasteiger partial charge in [0.05, 0.1) is 6.10 Å². The number of hydrogen-bond donors (Lipinski definition) is 2. The van der Waals surface area contributed by atoms with Crippen LogP contribution in [0.3, 0.4) is 0 Å². The highest BCUT2D eigenvalue weighted by molar-refractivity contribution is 14.0. The van der Waals surface area contributed by atoms with E-state index < -0.39 is 0 Å². The first-order valence-corrected chi connectivity index (χ1v) is 9.03. The van der Waals surface area contributed by atoms with E-state index in [0.717, 1.165) is 30.7 Å². The number of ether oxygens (including phenoxy) is 1. The molecule has 0 saturated heterocycles. The summed E-state index contributed by atoms with van der Waals surface area (Å²) in [5.74, 6) is 2.74. The summed E-state index contributed by atoms with van der Waals surface area (Å²) in [6.07, 6.45) is 9.50. The number of guanidine groups is 1. The van der Waals surface area contributed by atoms with Gasteiger partial charge < -0.3 is 15.4 Å². The van der Waals surface area contributed by atoms with Crippen LogP contribution in [0.2, 0.25) is 0 Å². The van der Waals surface area contributed by atoms with Gasteiger partial charge >= 0.3 is 0 Å². The molecule has 0 bridgehead atoms. The van der Waals surface area contributed by atoms with Crippen molar-refractivity contribution in [3.05, 3.63) is 29.8 Å². The molecule has 5 heteroatoms. The van der Waals surface area contributed by atoms with Crippen molar-refractivity contribution in [2.45, 2.75) is 57.6 Å². The SMILES string of the molecule is CN=C(NCc1ccc(OC2CCCCC2)cc1)NCC1CC1.I. The molecule has 0 atom stereocenters. The van der Waals surface area contributed by atoms with Gasteiger partial charge in [-0.05, 0) is 62.1 Å². The van der Waals surface area contributed by atoms with Gasteiger partial charge in [-0.15, -0.1) is 24.0 Å². The van der Waals surface area contributed by atoms with Gasteiger partial charge in [-0.3, -0.25) is 4.99 Å². The fourth-order valence-corrected chi connectivity index (χ4v) is 3.03. The van der Waals surface area contributed by atoms with Gasteiger partial charge in [0.1, 0.15) is 5.75 Å². The Morgan fingerprint density at radius 2 is 1.75 bits per heavy atom. The Kier molecular flexibility index (Phi) is 8.15. The van der Waals surface area contributed by atoms with Crippen LogP contribution in [0.4, 0.5) is 0 Å². The molecule has 2 aliphatic carbocycles. The van der Waals surface area contributed by atoms with Crippen LogP contribution < -0.4 is 15.4 Å². The molecule has 0 radical (unpaired) electrons. The van der Waals surface area contributed by atoms with Gasteiger partial charge in [-0.1, -0.05) is 18.6 Å². The number of benzene rings is 1. The average molecular weight is 443 g/mol. The molecule has 0 spiro atoms. The lowest BCUT2D eigenvalue weighted by Gasteiger charge is -2.23. The maximum absolute atomic E-state index is 6.07. The summed E-state index contributed by atoms with van der Waals surface area (Å²) in [7, 11) is 1.82. The molecule has 1 aromatic carbocycles. The van der Waals surface area contributed by atoms with Crippen molar-refractivity contribution in [3.8, 4) is 5.75 Å². The Hall–Kier alpha value is -0.980. The molecule has 0 aliphatic heterocycles. The van der Waals surface area contributed by atoms with E-state index in [1.165, 1.54) is 50.5 Å². The lowest BCUT2D eigenvalue weighted by atomic mass is 9.98. The third-order valence-corrected chi connectivity index (χ3v) is 4.72. The quantitative estimate of drug-likeness (QED) is 0.396. The van der Waals surface area contributed by atoms with Crippen molar-refractivity contribution in [3.63, 3.8) is 0 Å². The summed E-state index contributed by atoms with van der Waals surface area (Å²) >= 11 is 0. The zero-order valence-electron chi connectivity index (χ0n) is 14.6. The largest absolute Gasteiger partial charge is 0.490 e. The van der Waals surface area contributed by atoms with E-state index in [9.17, 15) is 0 Å². The standard InChI is InChI=1S/C19H29N3O.HI/c1-20-19(21-13-15-7-8-15)22-14-16-9-11-18(12-10-16)23-17-5-3-2-4-6-17;/h9-12,15,17H,2-8,13-14H2,1H3,(H2,20,21,22);1H. The maximum atomic E-state index is 6.07. The lowest BCUT2D eigenvalue weighted by Crippen LogP contribution is -2.37. The number of nitrogens with zero attached hydrogens (tertiary/aromatic N) is 1. The van der Waals surface area contributed by atoms with Crippen LogP contribution in [0.15, 0.2) is 29.3 Å². The first-order chi connectivity index (χ1) is 11.3. The fourth-order valence-electron chi connectivity index (χ4n) is 3.03. The normalized spacial score (nSPS) is 18.6. The zero-order chi connectivity index (χ0) is 15.9. The lowest BCUT2D eigenvalue weighted by molar-refractivity contribution is 0.155. The number of nitrogens with one attached hydrogen (secondary N) is 2. The molecule has 24 heavy (non-hydrogen) atoms. The van der Waals surface area contributed by atoms with Crippen molar-refractivity contribution in [1.82, 2.24) is 10.6 Å².